The molecule has 1 aromatic carbocycles. The minimum absolute atomic E-state index is 0.0328. The quantitative estimate of drug-likeness (QED) is 0.834. The second kappa shape index (κ2) is 10.0. The van der Waals surface area contributed by atoms with Gasteiger partial charge in [0.15, 0.2) is 5.82 Å². The second-order valence-electron chi connectivity index (χ2n) is 8.07. The average Bonchev–Trinajstić information content (AvgIpc) is 3.40. The summed E-state index contributed by atoms with van der Waals surface area (Å²) >= 11 is 0. The van der Waals surface area contributed by atoms with Crippen molar-refractivity contribution in [2.75, 3.05) is 26.2 Å². The van der Waals surface area contributed by atoms with E-state index in [2.05, 4.69) is 20.1 Å². The lowest BCUT2D eigenvalue weighted by Crippen LogP contribution is -2.44. The van der Waals surface area contributed by atoms with E-state index < -0.39 is 0 Å². The zero-order chi connectivity index (χ0) is 20.8. The predicted octanol–water partition coefficient (Wildman–Crippen LogP) is 3.39. The maximum atomic E-state index is 13.3. The summed E-state index contributed by atoms with van der Waals surface area (Å²) in [4.78, 5) is 14.6. The van der Waals surface area contributed by atoms with Crippen molar-refractivity contribution in [1.29, 1.82) is 0 Å². The zero-order valence-electron chi connectivity index (χ0n) is 17.4. The highest BCUT2D eigenvalue weighted by atomic mass is 19.1. The highest BCUT2D eigenvalue weighted by molar-refractivity contribution is 5.74. The Labute approximate surface area is 176 Å². The Morgan fingerprint density at radius 1 is 1.07 bits per heavy atom. The van der Waals surface area contributed by atoms with Crippen LogP contribution >= 0.6 is 0 Å². The first-order chi connectivity index (χ1) is 14.7. The standard InChI is InChI=1S/C22H30FN5O2/c23-18-9-7-17(8-10-18)21-26-25-20-11-14-27(12-3-1-2-4-13-28(20)21)22(29)24-16-19-6-5-15-30-19/h7-10,19H,1-6,11-16H2,(H,24,29). The molecule has 162 valence electrons. The lowest BCUT2D eigenvalue weighted by molar-refractivity contribution is 0.109. The molecule has 4 rings (SSSR count). The molecule has 3 heterocycles. The van der Waals surface area contributed by atoms with Gasteiger partial charge in [0, 0.05) is 44.8 Å². The Kier molecular flexibility index (Phi) is 6.94. The van der Waals surface area contributed by atoms with Gasteiger partial charge in [-0.05, 0) is 49.9 Å². The van der Waals surface area contributed by atoms with E-state index in [1.165, 1.54) is 12.1 Å². The topological polar surface area (TPSA) is 72.3 Å². The lowest BCUT2D eigenvalue weighted by atomic mass is 10.1. The van der Waals surface area contributed by atoms with Gasteiger partial charge in [-0.1, -0.05) is 12.8 Å². The Balaban J connectivity index is 1.45. The van der Waals surface area contributed by atoms with Crippen LogP contribution in [0.1, 0.15) is 44.3 Å². The summed E-state index contributed by atoms with van der Waals surface area (Å²) in [5.41, 5.74) is 0.858. The van der Waals surface area contributed by atoms with E-state index in [4.69, 9.17) is 4.74 Å². The van der Waals surface area contributed by atoms with E-state index in [9.17, 15) is 9.18 Å². The maximum absolute atomic E-state index is 13.3. The fourth-order valence-corrected chi connectivity index (χ4v) is 4.16. The van der Waals surface area contributed by atoms with E-state index >= 15 is 0 Å². The molecular weight excluding hydrogens is 385 g/mol. The summed E-state index contributed by atoms with van der Waals surface area (Å²) in [6.07, 6.45) is 7.06. The van der Waals surface area contributed by atoms with Gasteiger partial charge >= 0.3 is 6.03 Å². The van der Waals surface area contributed by atoms with Crippen LogP contribution in [0.2, 0.25) is 0 Å². The summed E-state index contributed by atoms with van der Waals surface area (Å²) in [5.74, 6) is 1.37. The first-order valence-electron chi connectivity index (χ1n) is 11.0. The van der Waals surface area contributed by atoms with Crippen LogP contribution in [-0.4, -0.2) is 58.0 Å². The number of nitrogens with one attached hydrogen (secondary N) is 1. The molecule has 30 heavy (non-hydrogen) atoms. The van der Waals surface area contributed by atoms with Crippen LogP contribution < -0.4 is 5.32 Å². The third-order valence-electron chi connectivity index (χ3n) is 5.89. The van der Waals surface area contributed by atoms with Crippen LogP contribution in [0.15, 0.2) is 24.3 Å². The van der Waals surface area contributed by atoms with Gasteiger partial charge in [-0.15, -0.1) is 10.2 Å². The minimum Gasteiger partial charge on any atom is -0.376 e. The molecule has 1 atom stereocenters. The first kappa shape index (κ1) is 20.8. The summed E-state index contributed by atoms with van der Waals surface area (Å²) in [6.45, 7) is 3.53. The molecule has 0 aliphatic carbocycles. The molecule has 1 fully saturated rings. The van der Waals surface area contributed by atoms with Gasteiger partial charge in [-0.25, -0.2) is 9.18 Å². The number of carbonyl (C=O) groups is 1. The monoisotopic (exact) mass is 415 g/mol. The SMILES string of the molecule is O=C(NCC1CCCO1)N1CCCCCCn2c(nnc2-c2ccc(F)cc2)CC1. The summed E-state index contributed by atoms with van der Waals surface area (Å²) in [5, 5.41) is 11.8. The Morgan fingerprint density at radius 2 is 1.87 bits per heavy atom. The molecule has 7 nitrogen and oxygen atoms in total. The van der Waals surface area contributed by atoms with Crippen molar-refractivity contribution in [1.82, 2.24) is 25.0 Å². The van der Waals surface area contributed by atoms with Crippen molar-refractivity contribution < 1.29 is 13.9 Å². The molecule has 2 amide bonds. The second-order valence-corrected chi connectivity index (χ2v) is 8.07. The number of nitrogens with zero attached hydrogens (tertiary/aromatic N) is 4. The highest BCUT2D eigenvalue weighted by Crippen LogP contribution is 2.21. The number of amides is 2. The molecule has 1 saturated heterocycles. The number of hydrogen-bond acceptors (Lipinski definition) is 4. The number of ether oxygens (including phenoxy) is 1. The van der Waals surface area contributed by atoms with E-state index in [1.54, 1.807) is 12.1 Å². The number of aromatic nitrogens is 3. The molecule has 1 N–H and O–H groups in total. The maximum Gasteiger partial charge on any atom is 0.317 e. The molecule has 2 aromatic rings. The lowest BCUT2D eigenvalue weighted by Gasteiger charge is -2.23. The fraction of sp³-hybridized carbons (Fsp3) is 0.591. The van der Waals surface area contributed by atoms with Crippen LogP contribution in [-0.2, 0) is 17.7 Å². The third-order valence-corrected chi connectivity index (χ3v) is 5.89. The molecule has 8 heteroatoms. The van der Waals surface area contributed by atoms with Gasteiger partial charge in [0.2, 0.25) is 0 Å². The highest BCUT2D eigenvalue weighted by Gasteiger charge is 2.21. The Morgan fingerprint density at radius 3 is 2.63 bits per heavy atom. The van der Waals surface area contributed by atoms with Crippen molar-refractivity contribution in [2.24, 2.45) is 0 Å². The Hall–Kier alpha value is -2.48. The molecule has 1 unspecified atom stereocenters. The van der Waals surface area contributed by atoms with E-state index in [0.29, 0.717) is 19.5 Å². The van der Waals surface area contributed by atoms with Crippen LogP contribution in [0.25, 0.3) is 11.4 Å². The molecule has 0 radical (unpaired) electrons. The molecule has 2 aliphatic rings. The van der Waals surface area contributed by atoms with Crippen molar-refractivity contribution in [3.8, 4) is 11.4 Å². The summed E-state index contributed by atoms with van der Waals surface area (Å²) in [6, 6.07) is 6.34. The molecule has 0 saturated carbocycles. The molecule has 2 aliphatic heterocycles. The third kappa shape index (κ3) is 5.16. The molecule has 0 bridgehead atoms. The van der Waals surface area contributed by atoms with Crippen LogP contribution in [0.3, 0.4) is 0 Å². The van der Waals surface area contributed by atoms with E-state index in [1.807, 2.05) is 4.90 Å². The number of carbonyl (C=O) groups excluding carboxylic acids is 1. The number of halogens is 1. The number of rotatable bonds is 3. The van der Waals surface area contributed by atoms with Crippen molar-refractivity contribution >= 4 is 6.03 Å². The van der Waals surface area contributed by atoms with E-state index in [0.717, 1.165) is 75.4 Å². The Bertz CT molecular complexity index is 833. The predicted molar refractivity (Wildman–Crippen MR) is 112 cm³/mol. The number of hydrogen-bond donors (Lipinski definition) is 1. The van der Waals surface area contributed by atoms with E-state index in [-0.39, 0.29) is 18.0 Å². The van der Waals surface area contributed by atoms with Gasteiger partial charge in [-0.2, -0.15) is 0 Å². The normalized spacial score (nSPS) is 20.4. The molecule has 1 aromatic heterocycles. The minimum atomic E-state index is -0.263. The smallest absolute Gasteiger partial charge is 0.317 e. The van der Waals surface area contributed by atoms with Crippen molar-refractivity contribution in [3.63, 3.8) is 0 Å². The van der Waals surface area contributed by atoms with Gasteiger partial charge in [0.25, 0.3) is 0 Å². The van der Waals surface area contributed by atoms with Gasteiger partial charge < -0.3 is 19.5 Å². The van der Waals surface area contributed by atoms with Crippen molar-refractivity contribution in [2.45, 2.75) is 57.6 Å². The summed E-state index contributed by atoms with van der Waals surface area (Å²) in [7, 11) is 0. The number of fused-ring (bicyclic) bond motifs is 1. The number of urea groups is 1. The summed E-state index contributed by atoms with van der Waals surface area (Å²) < 4.78 is 21.1. The van der Waals surface area contributed by atoms with Crippen LogP contribution in [0.4, 0.5) is 9.18 Å². The molecular formula is C22H30FN5O2. The zero-order valence-corrected chi connectivity index (χ0v) is 17.4. The van der Waals surface area contributed by atoms with Crippen LogP contribution in [0.5, 0.6) is 0 Å². The van der Waals surface area contributed by atoms with Gasteiger partial charge in [-0.3, -0.25) is 0 Å². The molecule has 0 spiro atoms. The van der Waals surface area contributed by atoms with Crippen LogP contribution in [0, 0.1) is 5.82 Å². The fourth-order valence-electron chi connectivity index (χ4n) is 4.16. The average molecular weight is 416 g/mol. The van der Waals surface area contributed by atoms with Crippen molar-refractivity contribution in [3.05, 3.63) is 35.9 Å². The first-order valence-corrected chi connectivity index (χ1v) is 11.0. The largest absolute Gasteiger partial charge is 0.376 e. The van der Waals surface area contributed by atoms with Gasteiger partial charge in [0.1, 0.15) is 11.6 Å². The van der Waals surface area contributed by atoms with Gasteiger partial charge in [0.05, 0.1) is 6.10 Å². The number of benzene rings is 1.